The van der Waals surface area contributed by atoms with E-state index in [0.717, 1.165) is 25.9 Å². The van der Waals surface area contributed by atoms with Crippen molar-refractivity contribution in [3.05, 3.63) is 0 Å². The molecule has 0 aliphatic carbocycles. The molecule has 0 saturated carbocycles. The summed E-state index contributed by atoms with van der Waals surface area (Å²) in [5, 5.41) is 4.65. The second kappa shape index (κ2) is 6.29. The highest BCUT2D eigenvalue weighted by molar-refractivity contribution is 7.80. The quantitative estimate of drug-likeness (QED) is 0.646. The minimum Gasteiger partial charge on any atom is -0.393 e. The molecule has 0 aromatic rings. The monoisotopic (exact) mass is 286 g/mol. The first kappa shape index (κ1) is 15.8. The van der Waals surface area contributed by atoms with Crippen molar-refractivity contribution in [2.75, 3.05) is 20.1 Å². The molecule has 1 saturated heterocycles. The van der Waals surface area contributed by atoms with Crippen LogP contribution in [0.2, 0.25) is 0 Å². The molecule has 0 spiro atoms. The Morgan fingerprint density at radius 3 is 2.32 bits per heavy atom. The number of hydrogen-bond acceptors (Lipinski definition) is 4. The molecule has 3 amide bonds. The van der Waals surface area contributed by atoms with Crippen LogP contribution in [0.25, 0.3) is 0 Å². The SMILES string of the molecule is CNC(=O)NC(=O)C(C)N1CCC(C)(C(N)=S)CC1. The highest BCUT2D eigenvalue weighted by atomic mass is 32.1. The molecule has 0 aromatic heterocycles. The third-order valence-corrected chi connectivity index (χ3v) is 4.38. The number of nitrogens with one attached hydrogen (secondary N) is 2. The highest BCUT2D eigenvalue weighted by Crippen LogP contribution is 2.31. The average molecular weight is 286 g/mol. The molecule has 1 heterocycles. The number of likely N-dealkylation sites (tertiary alicyclic amines) is 1. The summed E-state index contributed by atoms with van der Waals surface area (Å²) in [6, 6.07) is -0.824. The second-order valence-electron chi connectivity index (χ2n) is 5.21. The lowest BCUT2D eigenvalue weighted by Gasteiger charge is -2.40. The van der Waals surface area contributed by atoms with Crippen molar-refractivity contribution >= 4 is 29.1 Å². The smallest absolute Gasteiger partial charge is 0.321 e. The summed E-state index contributed by atoms with van der Waals surface area (Å²) in [6.07, 6.45) is 1.67. The van der Waals surface area contributed by atoms with Gasteiger partial charge >= 0.3 is 6.03 Å². The topological polar surface area (TPSA) is 87.5 Å². The van der Waals surface area contributed by atoms with Crippen LogP contribution >= 0.6 is 12.2 Å². The standard InChI is InChI=1S/C12H22N4O2S/c1-8(9(17)15-11(18)14-3)16-6-4-12(2,5-7-16)10(13)19/h8H,4-7H2,1-3H3,(H2,13,19)(H2,14,15,17,18). The Hall–Kier alpha value is -1.21. The van der Waals surface area contributed by atoms with Crippen molar-refractivity contribution in [2.24, 2.45) is 11.1 Å². The maximum Gasteiger partial charge on any atom is 0.321 e. The number of piperidine rings is 1. The van der Waals surface area contributed by atoms with Crippen molar-refractivity contribution in [3.63, 3.8) is 0 Å². The Morgan fingerprint density at radius 2 is 1.89 bits per heavy atom. The van der Waals surface area contributed by atoms with Gasteiger partial charge < -0.3 is 11.1 Å². The van der Waals surface area contributed by atoms with E-state index >= 15 is 0 Å². The van der Waals surface area contributed by atoms with E-state index in [0.29, 0.717) is 4.99 Å². The third kappa shape index (κ3) is 3.87. The molecule has 1 aliphatic rings. The number of rotatable bonds is 3. The predicted octanol–water partition coefficient (Wildman–Crippen LogP) is 0.219. The molecule has 108 valence electrons. The molecule has 1 aliphatic heterocycles. The first-order valence-electron chi connectivity index (χ1n) is 6.36. The summed E-state index contributed by atoms with van der Waals surface area (Å²) in [6.45, 7) is 5.34. The van der Waals surface area contributed by atoms with Crippen molar-refractivity contribution in [1.29, 1.82) is 0 Å². The lowest BCUT2D eigenvalue weighted by atomic mass is 9.80. The van der Waals surface area contributed by atoms with Crippen LogP contribution in [0, 0.1) is 5.41 Å². The van der Waals surface area contributed by atoms with Gasteiger partial charge in [-0.25, -0.2) is 4.79 Å². The van der Waals surface area contributed by atoms with E-state index in [1.54, 1.807) is 6.92 Å². The van der Waals surface area contributed by atoms with E-state index < -0.39 is 6.03 Å². The van der Waals surface area contributed by atoms with Crippen molar-refractivity contribution in [2.45, 2.75) is 32.7 Å². The van der Waals surface area contributed by atoms with Gasteiger partial charge in [-0.3, -0.25) is 15.0 Å². The highest BCUT2D eigenvalue weighted by Gasteiger charge is 2.35. The van der Waals surface area contributed by atoms with Crippen LogP contribution in [-0.2, 0) is 4.79 Å². The minimum atomic E-state index is -0.484. The Balaban J connectivity index is 2.53. The molecule has 6 nitrogen and oxygen atoms in total. The van der Waals surface area contributed by atoms with Gasteiger partial charge in [0.2, 0.25) is 5.91 Å². The van der Waals surface area contributed by atoms with E-state index in [1.165, 1.54) is 7.05 Å². The number of carbonyl (C=O) groups excluding carboxylic acids is 2. The number of thiocarbonyl (C=S) groups is 1. The van der Waals surface area contributed by atoms with Crippen LogP contribution in [0.15, 0.2) is 0 Å². The van der Waals surface area contributed by atoms with Gasteiger partial charge in [0.1, 0.15) is 0 Å². The number of urea groups is 1. The lowest BCUT2D eigenvalue weighted by molar-refractivity contribution is -0.125. The van der Waals surface area contributed by atoms with Gasteiger partial charge in [0.05, 0.1) is 11.0 Å². The van der Waals surface area contributed by atoms with Crippen LogP contribution in [0.3, 0.4) is 0 Å². The second-order valence-corrected chi connectivity index (χ2v) is 5.65. The van der Waals surface area contributed by atoms with Crippen LogP contribution in [0.4, 0.5) is 4.79 Å². The zero-order valence-corrected chi connectivity index (χ0v) is 12.5. The summed E-state index contributed by atoms with van der Waals surface area (Å²) >= 11 is 5.08. The molecule has 1 fully saturated rings. The van der Waals surface area contributed by atoms with Gasteiger partial charge in [0.15, 0.2) is 0 Å². The fourth-order valence-electron chi connectivity index (χ4n) is 2.10. The van der Waals surface area contributed by atoms with Gasteiger partial charge in [-0.1, -0.05) is 19.1 Å². The number of hydrogen-bond donors (Lipinski definition) is 3. The Kier molecular flexibility index (Phi) is 5.25. The maximum absolute atomic E-state index is 11.8. The third-order valence-electron chi connectivity index (χ3n) is 3.89. The van der Waals surface area contributed by atoms with E-state index in [2.05, 4.69) is 17.6 Å². The number of nitrogens with two attached hydrogens (primary N) is 1. The zero-order valence-electron chi connectivity index (χ0n) is 11.7. The van der Waals surface area contributed by atoms with Gasteiger partial charge in [0, 0.05) is 12.5 Å². The molecule has 1 unspecified atom stereocenters. The first-order valence-corrected chi connectivity index (χ1v) is 6.77. The van der Waals surface area contributed by atoms with Crippen molar-refractivity contribution in [3.8, 4) is 0 Å². The molecule has 0 radical (unpaired) electrons. The normalized spacial score (nSPS) is 20.4. The van der Waals surface area contributed by atoms with Gasteiger partial charge in [-0.05, 0) is 32.9 Å². The van der Waals surface area contributed by atoms with Crippen molar-refractivity contribution in [1.82, 2.24) is 15.5 Å². The number of nitrogens with zero attached hydrogens (tertiary/aromatic N) is 1. The fourth-order valence-corrected chi connectivity index (χ4v) is 2.30. The molecule has 19 heavy (non-hydrogen) atoms. The summed E-state index contributed by atoms with van der Waals surface area (Å²) < 4.78 is 0. The van der Waals surface area contributed by atoms with Gasteiger partial charge in [-0.2, -0.15) is 0 Å². The van der Waals surface area contributed by atoms with E-state index in [-0.39, 0.29) is 17.4 Å². The number of amides is 3. The fraction of sp³-hybridized carbons (Fsp3) is 0.750. The largest absolute Gasteiger partial charge is 0.393 e. The number of imide groups is 1. The summed E-state index contributed by atoms with van der Waals surface area (Å²) in [7, 11) is 1.47. The van der Waals surface area contributed by atoms with Crippen LogP contribution < -0.4 is 16.4 Å². The molecule has 4 N–H and O–H groups in total. The Labute approximate surface area is 119 Å². The van der Waals surface area contributed by atoms with E-state index in [1.807, 2.05) is 4.90 Å². The predicted molar refractivity (Wildman–Crippen MR) is 77.8 cm³/mol. The Morgan fingerprint density at radius 1 is 1.37 bits per heavy atom. The molecule has 0 bridgehead atoms. The van der Waals surface area contributed by atoms with Crippen LogP contribution in [0.5, 0.6) is 0 Å². The molecule has 1 atom stereocenters. The van der Waals surface area contributed by atoms with Crippen LogP contribution in [0.1, 0.15) is 26.7 Å². The first-order chi connectivity index (χ1) is 8.80. The van der Waals surface area contributed by atoms with E-state index in [9.17, 15) is 9.59 Å². The summed E-state index contributed by atoms with van der Waals surface area (Å²) in [4.78, 5) is 25.5. The number of carbonyl (C=O) groups is 2. The molecule has 7 heteroatoms. The maximum atomic E-state index is 11.8. The molecular weight excluding hydrogens is 264 g/mol. The lowest BCUT2D eigenvalue weighted by Crippen LogP contribution is -2.53. The average Bonchev–Trinajstić information content (AvgIpc) is 2.38. The van der Waals surface area contributed by atoms with Crippen LogP contribution in [-0.4, -0.2) is 48.0 Å². The van der Waals surface area contributed by atoms with Crippen molar-refractivity contribution < 1.29 is 9.59 Å². The molecule has 1 rings (SSSR count). The minimum absolute atomic E-state index is 0.122. The summed E-state index contributed by atoms with van der Waals surface area (Å²) in [5.74, 6) is -0.293. The van der Waals surface area contributed by atoms with E-state index in [4.69, 9.17) is 18.0 Å². The zero-order chi connectivity index (χ0) is 14.6. The van der Waals surface area contributed by atoms with Gasteiger partial charge in [0.25, 0.3) is 0 Å². The Bertz CT molecular complexity index is 378. The molecular formula is C12H22N4O2S. The summed E-state index contributed by atoms with van der Waals surface area (Å²) in [5.41, 5.74) is 5.63. The van der Waals surface area contributed by atoms with Gasteiger partial charge in [-0.15, -0.1) is 0 Å². The molecule has 0 aromatic carbocycles.